The largest absolute Gasteiger partial charge is 0.414 e. The monoisotopic (exact) mass is 264 g/mol. The molecule has 7 heteroatoms. The molecule has 1 heterocycles. The molecule has 0 spiro atoms. The second-order valence-electron chi connectivity index (χ2n) is 3.58. The van der Waals surface area contributed by atoms with Crippen molar-refractivity contribution in [2.24, 2.45) is 0 Å². The lowest BCUT2D eigenvalue weighted by atomic mass is 10.2. The predicted octanol–water partition coefficient (Wildman–Crippen LogP) is 2.68. The Kier molecular flexibility index (Phi) is 3.01. The smallest absolute Gasteiger partial charge is 0.383 e. The number of aliphatic hydroxyl groups excluding tert-OH is 1. The molecule has 0 saturated carbocycles. The number of halogens is 4. The minimum Gasteiger partial charge on any atom is -0.383 e. The second kappa shape index (κ2) is 4.19. The average molecular weight is 265 g/mol. The molecule has 17 heavy (non-hydrogen) atoms. The van der Waals surface area contributed by atoms with Crippen molar-refractivity contribution in [1.82, 2.24) is 9.97 Å². The molecule has 2 aromatic rings. The number of alkyl halides is 3. The van der Waals surface area contributed by atoms with Crippen molar-refractivity contribution in [2.45, 2.75) is 18.7 Å². The third-order valence-electron chi connectivity index (χ3n) is 2.28. The van der Waals surface area contributed by atoms with E-state index in [0.29, 0.717) is 16.1 Å². The van der Waals surface area contributed by atoms with Gasteiger partial charge in [-0.1, -0.05) is 17.7 Å². The maximum absolute atomic E-state index is 12.2. The number of H-pyrrole nitrogens is 1. The summed E-state index contributed by atoms with van der Waals surface area (Å²) in [5.74, 6) is 0.0536. The van der Waals surface area contributed by atoms with Crippen LogP contribution in [0.15, 0.2) is 18.2 Å². The van der Waals surface area contributed by atoms with Gasteiger partial charge >= 0.3 is 6.18 Å². The Labute approximate surface area is 99.2 Å². The average Bonchev–Trinajstić information content (AvgIpc) is 2.60. The maximum atomic E-state index is 12.2. The van der Waals surface area contributed by atoms with E-state index in [1.165, 1.54) is 0 Å². The number of benzene rings is 1. The quantitative estimate of drug-likeness (QED) is 0.876. The fraction of sp³-hybridized carbons (Fsp3) is 0.300. The highest BCUT2D eigenvalue weighted by molar-refractivity contribution is 6.34. The first-order valence-corrected chi connectivity index (χ1v) is 5.13. The minimum atomic E-state index is -4.65. The van der Waals surface area contributed by atoms with Crippen molar-refractivity contribution in [3.8, 4) is 0 Å². The van der Waals surface area contributed by atoms with Crippen LogP contribution in [0.1, 0.15) is 5.82 Å². The fourth-order valence-corrected chi connectivity index (χ4v) is 1.66. The fourth-order valence-electron chi connectivity index (χ4n) is 1.44. The molecule has 0 fully saturated rings. The Hall–Kier alpha value is -1.27. The molecule has 1 atom stereocenters. The number of imidazole rings is 1. The first-order valence-electron chi connectivity index (χ1n) is 4.76. The highest BCUT2D eigenvalue weighted by atomic mass is 35.5. The van der Waals surface area contributed by atoms with Crippen LogP contribution < -0.4 is 0 Å². The minimum absolute atomic E-state index is 0.0536. The third-order valence-corrected chi connectivity index (χ3v) is 2.58. The number of nitrogens with one attached hydrogen (secondary N) is 1. The number of hydrogen-bond acceptors (Lipinski definition) is 2. The number of rotatable bonds is 2. The van der Waals surface area contributed by atoms with Crippen molar-refractivity contribution in [3.05, 3.63) is 29.0 Å². The Morgan fingerprint density at radius 2 is 2.12 bits per heavy atom. The SMILES string of the molecule is OC(Cc1nc2c(Cl)cccc2[nH]1)C(F)(F)F. The molecular formula is C10H8ClF3N2O. The molecule has 0 radical (unpaired) electrons. The summed E-state index contributed by atoms with van der Waals surface area (Å²) in [6.07, 6.45) is -7.70. The van der Waals surface area contributed by atoms with Crippen molar-refractivity contribution in [1.29, 1.82) is 0 Å². The van der Waals surface area contributed by atoms with Gasteiger partial charge in [0, 0.05) is 6.42 Å². The molecule has 0 bridgehead atoms. The first-order chi connectivity index (χ1) is 7.88. The summed E-state index contributed by atoms with van der Waals surface area (Å²) in [4.78, 5) is 6.60. The van der Waals surface area contributed by atoms with Crippen molar-refractivity contribution >= 4 is 22.6 Å². The zero-order valence-corrected chi connectivity index (χ0v) is 9.18. The van der Waals surface area contributed by atoms with E-state index in [9.17, 15) is 13.2 Å². The van der Waals surface area contributed by atoms with Crippen LogP contribution in [-0.4, -0.2) is 27.4 Å². The van der Waals surface area contributed by atoms with Crippen molar-refractivity contribution < 1.29 is 18.3 Å². The second-order valence-corrected chi connectivity index (χ2v) is 3.99. The van der Waals surface area contributed by atoms with Crippen LogP contribution in [0.3, 0.4) is 0 Å². The molecule has 1 aromatic carbocycles. The van der Waals surface area contributed by atoms with Gasteiger partial charge in [0.25, 0.3) is 0 Å². The van der Waals surface area contributed by atoms with E-state index in [1.54, 1.807) is 18.2 Å². The predicted molar refractivity (Wildman–Crippen MR) is 56.9 cm³/mol. The molecule has 2 rings (SSSR count). The Balaban J connectivity index is 2.29. The Morgan fingerprint density at radius 3 is 2.71 bits per heavy atom. The highest BCUT2D eigenvalue weighted by Gasteiger charge is 2.38. The van der Waals surface area contributed by atoms with Gasteiger partial charge in [-0.15, -0.1) is 0 Å². The van der Waals surface area contributed by atoms with Crippen LogP contribution in [0.4, 0.5) is 13.2 Å². The molecule has 2 N–H and O–H groups in total. The van der Waals surface area contributed by atoms with Crippen LogP contribution in [0.25, 0.3) is 11.0 Å². The van der Waals surface area contributed by atoms with E-state index >= 15 is 0 Å². The number of para-hydroxylation sites is 1. The summed E-state index contributed by atoms with van der Waals surface area (Å²) in [6, 6.07) is 4.90. The van der Waals surface area contributed by atoms with Crippen LogP contribution in [0, 0.1) is 0 Å². The highest BCUT2D eigenvalue weighted by Crippen LogP contribution is 2.25. The molecule has 1 unspecified atom stereocenters. The molecular weight excluding hydrogens is 257 g/mol. The molecule has 0 aliphatic heterocycles. The zero-order valence-electron chi connectivity index (χ0n) is 8.42. The number of aromatic nitrogens is 2. The van der Waals surface area contributed by atoms with Crippen molar-refractivity contribution in [2.75, 3.05) is 0 Å². The van der Waals surface area contributed by atoms with Crippen LogP contribution in [0.5, 0.6) is 0 Å². The number of fused-ring (bicyclic) bond motifs is 1. The van der Waals surface area contributed by atoms with Gasteiger partial charge in [0.2, 0.25) is 0 Å². The standard InChI is InChI=1S/C10H8ClF3N2O/c11-5-2-1-3-6-9(5)16-8(15-6)4-7(17)10(12,13)14/h1-3,7,17H,4H2,(H,15,16). The van der Waals surface area contributed by atoms with Crippen LogP contribution in [-0.2, 0) is 6.42 Å². The molecule has 0 aliphatic rings. The molecule has 0 aliphatic carbocycles. The van der Waals surface area contributed by atoms with Gasteiger partial charge in [-0.25, -0.2) is 4.98 Å². The molecule has 0 amide bonds. The van der Waals surface area contributed by atoms with Gasteiger partial charge in [0.1, 0.15) is 11.3 Å². The van der Waals surface area contributed by atoms with Gasteiger partial charge in [0.05, 0.1) is 10.5 Å². The lowest BCUT2D eigenvalue weighted by Crippen LogP contribution is -2.30. The van der Waals surface area contributed by atoms with E-state index < -0.39 is 18.7 Å². The van der Waals surface area contributed by atoms with E-state index in [1.807, 2.05) is 0 Å². The number of aromatic amines is 1. The zero-order chi connectivity index (χ0) is 12.6. The summed E-state index contributed by atoms with van der Waals surface area (Å²) >= 11 is 5.83. The number of aliphatic hydroxyl groups is 1. The van der Waals surface area contributed by atoms with Gasteiger partial charge in [-0.05, 0) is 12.1 Å². The maximum Gasteiger partial charge on any atom is 0.414 e. The summed E-state index contributed by atoms with van der Waals surface area (Å²) in [7, 11) is 0. The Bertz CT molecular complexity index is 538. The van der Waals surface area contributed by atoms with Gasteiger partial charge in [0.15, 0.2) is 6.10 Å². The van der Waals surface area contributed by atoms with Gasteiger partial charge in [-0.3, -0.25) is 0 Å². The number of nitrogens with zero attached hydrogens (tertiary/aromatic N) is 1. The van der Waals surface area contributed by atoms with E-state index in [-0.39, 0.29) is 5.82 Å². The topological polar surface area (TPSA) is 48.9 Å². The molecule has 3 nitrogen and oxygen atoms in total. The summed E-state index contributed by atoms with van der Waals surface area (Å²) in [5, 5.41) is 9.27. The van der Waals surface area contributed by atoms with Gasteiger partial charge < -0.3 is 10.1 Å². The van der Waals surface area contributed by atoms with E-state index in [4.69, 9.17) is 16.7 Å². The molecule has 0 saturated heterocycles. The first kappa shape index (κ1) is 12.2. The van der Waals surface area contributed by atoms with Crippen LogP contribution in [0.2, 0.25) is 5.02 Å². The molecule has 1 aromatic heterocycles. The van der Waals surface area contributed by atoms with Crippen LogP contribution >= 0.6 is 11.6 Å². The van der Waals surface area contributed by atoms with Gasteiger partial charge in [-0.2, -0.15) is 13.2 Å². The lowest BCUT2D eigenvalue weighted by molar-refractivity contribution is -0.203. The normalized spacial score (nSPS) is 14.2. The van der Waals surface area contributed by atoms with E-state index in [0.717, 1.165) is 0 Å². The summed E-state index contributed by atoms with van der Waals surface area (Å²) < 4.78 is 36.5. The summed E-state index contributed by atoms with van der Waals surface area (Å²) in [6.45, 7) is 0. The molecule has 92 valence electrons. The summed E-state index contributed by atoms with van der Waals surface area (Å²) in [5.41, 5.74) is 0.945. The van der Waals surface area contributed by atoms with E-state index in [2.05, 4.69) is 9.97 Å². The number of hydrogen-bond donors (Lipinski definition) is 2. The third kappa shape index (κ3) is 2.53. The van der Waals surface area contributed by atoms with Crippen molar-refractivity contribution in [3.63, 3.8) is 0 Å². The lowest BCUT2D eigenvalue weighted by Gasteiger charge is -2.12. The Morgan fingerprint density at radius 1 is 1.41 bits per heavy atom.